The standard InChI is InChI=1S/C22H32N4O4/c1-16-15-25(11-12-26(16)21(28)29)10-9-19(24-20(27)30-22(2,3)4)13-17-5-7-18(14-23)8-6-17/h5-8,16,19H,9-13,15H2,1-4H3,(H,24,27)(H,28,29)/t16-,19?/m1/s1. The SMILES string of the molecule is C[C@@H]1CN(CCC(Cc2ccc(C#N)cc2)NC(=O)OC(C)(C)C)CCN1C(=O)O. The molecule has 0 spiro atoms. The highest BCUT2D eigenvalue weighted by molar-refractivity contribution is 5.68. The summed E-state index contributed by atoms with van der Waals surface area (Å²) in [7, 11) is 0. The molecule has 1 saturated heterocycles. The molecule has 2 atom stereocenters. The maximum atomic E-state index is 12.3. The summed E-state index contributed by atoms with van der Waals surface area (Å²) in [6, 6.07) is 9.24. The predicted octanol–water partition coefficient (Wildman–Crippen LogP) is 3.07. The molecule has 8 heteroatoms. The summed E-state index contributed by atoms with van der Waals surface area (Å²) >= 11 is 0. The average Bonchev–Trinajstić information content (AvgIpc) is 2.65. The van der Waals surface area contributed by atoms with E-state index in [1.807, 2.05) is 39.8 Å². The van der Waals surface area contributed by atoms with Crippen molar-refractivity contribution in [3.8, 4) is 6.07 Å². The van der Waals surface area contributed by atoms with Crippen molar-refractivity contribution in [2.24, 2.45) is 0 Å². The van der Waals surface area contributed by atoms with Gasteiger partial charge in [-0.3, -0.25) is 4.90 Å². The maximum absolute atomic E-state index is 12.3. The smallest absolute Gasteiger partial charge is 0.407 e. The van der Waals surface area contributed by atoms with Crippen LogP contribution in [-0.4, -0.2) is 71.0 Å². The number of nitrogens with zero attached hydrogens (tertiary/aromatic N) is 3. The number of hydrogen-bond acceptors (Lipinski definition) is 5. The summed E-state index contributed by atoms with van der Waals surface area (Å²) in [6.07, 6.45) is -0.00751. The number of nitriles is 1. The van der Waals surface area contributed by atoms with Crippen LogP contribution in [0.2, 0.25) is 0 Å². The largest absolute Gasteiger partial charge is 0.465 e. The topological polar surface area (TPSA) is 106 Å². The molecule has 0 radical (unpaired) electrons. The minimum Gasteiger partial charge on any atom is -0.465 e. The van der Waals surface area contributed by atoms with Crippen LogP contribution in [0.5, 0.6) is 0 Å². The van der Waals surface area contributed by atoms with Crippen LogP contribution in [0.25, 0.3) is 0 Å². The number of rotatable bonds is 6. The van der Waals surface area contributed by atoms with Crippen molar-refractivity contribution in [1.82, 2.24) is 15.1 Å². The number of carbonyl (C=O) groups excluding carboxylic acids is 1. The second-order valence-corrected chi connectivity index (χ2v) is 8.77. The lowest BCUT2D eigenvalue weighted by molar-refractivity contribution is 0.0484. The number of alkyl carbamates (subject to hydrolysis) is 1. The fourth-order valence-corrected chi connectivity index (χ4v) is 3.56. The van der Waals surface area contributed by atoms with Crippen molar-refractivity contribution in [3.05, 3.63) is 35.4 Å². The molecule has 0 aromatic heterocycles. The van der Waals surface area contributed by atoms with Gasteiger partial charge < -0.3 is 20.1 Å². The zero-order valence-electron chi connectivity index (χ0n) is 18.2. The minimum absolute atomic E-state index is 0.0629. The zero-order chi connectivity index (χ0) is 22.3. The molecule has 1 aliphatic rings. The summed E-state index contributed by atoms with van der Waals surface area (Å²) in [5, 5.41) is 21.2. The maximum Gasteiger partial charge on any atom is 0.407 e. The average molecular weight is 417 g/mol. The first kappa shape index (κ1) is 23.5. The van der Waals surface area contributed by atoms with Gasteiger partial charge in [0.1, 0.15) is 5.60 Å². The summed E-state index contributed by atoms with van der Waals surface area (Å²) in [6.45, 7) is 9.95. The van der Waals surface area contributed by atoms with Crippen molar-refractivity contribution >= 4 is 12.2 Å². The first-order valence-electron chi connectivity index (χ1n) is 10.3. The zero-order valence-corrected chi connectivity index (χ0v) is 18.2. The molecule has 1 fully saturated rings. The van der Waals surface area contributed by atoms with E-state index in [1.165, 1.54) is 4.90 Å². The van der Waals surface area contributed by atoms with Gasteiger partial charge in [-0.25, -0.2) is 9.59 Å². The Morgan fingerprint density at radius 3 is 2.50 bits per heavy atom. The van der Waals surface area contributed by atoms with Crippen LogP contribution in [-0.2, 0) is 11.2 Å². The Kier molecular flexibility index (Phi) is 8.07. The third-order valence-electron chi connectivity index (χ3n) is 5.04. The quantitative estimate of drug-likeness (QED) is 0.738. The first-order chi connectivity index (χ1) is 14.1. The van der Waals surface area contributed by atoms with Crippen molar-refractivity contribution in [2.75, 3.05) is 26.2 Å². The number of carbonyl (C=O) groups is 2. The molecule has 30 heavy (non-hydrogen) atoms. The Morgan fingerprint density at radius 1 is 1.30 bits per heavy atom. The van der Waals surface area contributed by atoms with E-state index in [2.05, 4.69) is 16.3 Å². The molecule has 164 valence electrons. The fraction of sp³-hybridized carbons (Fsp3) is 0.591. The second kappa shape index (κ2) is 10.3. The van der Waals surface area contributed by atoms with E-state index in [0.717, 1.165) is 12.1 Å². The third kappa shape index (κ3) is 7.56. The number of benzene rings is 1. The fourth-order valence-electron chi connectivity index (χ4n) is 3.56. The lowest BCUT2D eigenvalue weighted by atomic mass is 10.0. The van der Waals surface area contributed by atoms with Gasteiger partial charge in [-0.15, -0.1) is 0 Å². The molecular formula is C22H32N4O4. The first-order valence-corrected chi connectivity index (χ1v) is 10.3. The van der Waals surface area contributed by atoms with Gasteiger partial charge in [0.25, 0.3) is 0 Å². The van der Waals surface area contributed by atoms with Crippen LogP contribution in [0.1, 0.15) is 45.2 Å². The Bertz CT molecular complexity index is 767. The summed E-state index contributed by atoms with van der Waals surface area (Å²) < 4.78 is 5.41. The van der Waals surface area contributed by atoms with Gasteiger partial charge in [0.15, 0.2) is 0 Å². The van der Waals surface area contributed by atoms with Crippen molar-refractivity contribution in [2.45, 2.75) is 58.2 Å². The second-order valence-electron chi connectivity index (χ2n) is 8.77. The monoisotopic (exact) mass is 416 g/mol. The number of ether oxygens (including phenoxy) is 1. The molecule has 1 unspecified atom stereocenters. The number of nitrogens with one attached hydrogen (secondary N) is 1. The normalized spacial score (nSPS) is 18.4. The van der Waals surface area contributed by atoms with Crippen LogP contribution in [0, 0.1) is 11.3 Å². The lowest BCUT2D eigenvalue weighted by Gasteiger charge is -2.38. The molecule has 1 aliphatic heterocycles. The molecule has 2 N–H and O–H groups in total. The Labute approximate surface area is 178 Å². The van der Waals surface area contributed by atoms with Crippen molar-refractivity contribution in [1.29, 1.82) is 5.26 Å². The number of carboxylic acid groups (broad SMARTS) is 1. The lowest BCUT2D eigenvalue weighted by Crippen LogP contribution is -2.54. The summed E-state index contributed by atoms with van der Waals surface area (Å²) in [5.41, 5.74) is 1.05. The van der Waals surface area contributed by atoms with Crippen LogP contribution in [0.3, 0.4) is 0 Å². The van der Waals surface area contributed by atoms with Crippen LogP contribution in [0.4, 0.5) is 9.59 Å². The van der Waals surface area contributed by atoms with Gasteiger partial charge >= 0.3 is 12.2 Å². The molecule has 0 saturated carbocycles. The van der Waals surface area contributed by atoms with Crippen LogP contribution >= 0.6 is 0 Å². The van der Waals surface area contributed by atoms with Crippen molar-refractivity contribution < 1.29 is 19.4 Å². The van der Waals surface area contributed by atoms with E-state index < -0.39 is 17.8 Å². The molecular weight excluding hydrogens is 384 g/mol. The molecule has 1 aromatic rings. The van der Waals surface area contributed by atoms with Crippen LogP contribution < -0.4 is 5.32 Å². The van der Waals surface area contributed by atoms with E-state index >= 15 is 0 Å². The predicted molar refractivity (Wildman–Crippen MR) is 113 cm³/mol. The van der Waals surface area contributed by atoms with Gasteiger partial charge in [-0.2, -0.15) is 5.26 Å². The molecule has 0 bridgehead atoms. The van der Waals surface area contributed by atoms with E-state index in [-0.39, 0.29) is 12.1 Å². The van der Waals surface area contributed by atoms with Gasteiger partial charge in [0.05, 0.1) is 11.6 Å². The number of hydrogen-bond donors (Lipinski definition) is 2. The molecule has 1 aromatic carbocycles. The van der Waals surface area contributed by atoms with Crippen LogP contribution in [0.15, 0.2) is 24.3 Å². The summed E-state index contributed by atoms with van der Waals surface area (Å²) in [5.74, 6) is 0. The Hall–Kier alpha value is -2.79. The molecule has 1 heterocycles. The third-order valence-corrected chi connectivity index (χ3v) is 5.04. The number of amides is 2. The van der Waals surface area contributed by atoms with E-state index in [0.29, 0.717) is 38.0 Å². The van der Waals surface area contributed by atoms with Crippen molar-refractivity contribution in [3.63, 3.8) is 0 Å². The molecule has 8 nitrogen and oxygen atoms in total. The van der Waals surface area contributed by atoms with Gasteiger partial charge in [-0.1, -0.05) is 12.1 Å². The van der Waals surface area contributed by atoms with Gasteiger partial charge in [0, 0.05) is 38.3 Å². The highest BCUT2D eigenvalue weighted by Crippen LogP contribution is 2.14. The van der Waals surface area contributed by atoms with E-state index in [1.54, 1.807) is 12.1 Å². The Morgan fingerprint density at radius 2 is 1.97 bits per heavy atom. The molecule has 2 amide bonds. The summed E-state index contributed by atoms with van der Waals surface area (Å²) in [4.78, 5) is 27.3. The van der Waals surface area contributed by atoms with E-state index in [9.17, 15) is 14.7 Å². The molecule has 2 rings (SSSR count). The highest BCUT2D eigenvalue weighted by Gasteiger charge is 2.27. The number of piperazine rings is 1. The van der Waals surface area contributed by atoms with Gasteiger partial charge in [0.2, 0.25) is 0 Å². The molecule has 0 aliphatic carbocycles. The highest BCUT2D eigenvalue weighted by atomic mass is 16.6. The Balaban J connectivity index is 1.99. The van der Waals surface area contributed by atoms with E-state index in [4.69, 9.17) is 10.00 Å². The van der Waals surface area contributed by atoms with Gasteiger partial charge in [-0.05, 0) is 58.2 Å². The minimum atomic E-state index is -0.882.